The molecule has 0 unspecified atom stereocenters. The number of hydrogen-bond acceptors (Lipinski definition) is 4. The highest BCUT2D eigenvalue weighted by Crippen LogP contribution is 2.46. The topological polar surface area (TPSA) is 86.7 Å². The smallest absolute Gasteiger partial charge is 0.326 e. The fourth-order valence-corrected chi connectivity index (χ4v) is 2.57. The second kappa shape index (κ2) is 4.40. The van der Waals surface area contributed by atoms with Crippen LogP contribution in [0, 0.1) is 0 Å². The Balaban J connectivity index is 3.40. The van der Waals surface area contributed by atoms with Gasteiger partial charge in [-0.25, -0.2) is 0 Å². The van der Waals surface area contributed by atoms with Gasteiger partial charge in [-0.2, -0.15) is 14.7 Å². The van der Waals surface area contributed by atoms with Crippen molar-refractivity contribution in [2.24, 2.45) is 5.73 Å². The van der Waals surface area contributed by atoms with Gasteiger partial charge in [-0.1, -0.05) is 26.8 Å². The molecular weight excluding hydrogens is 225 g/mol. The quantitative estimate of drug-likeness (QED) is 0.580. The van der Waals surface area contributed by atoms with Gasteiger partial charge in [0.25, 0.3) is 0 Å². The Morgan fingerprint density at radius 2 is 1.75 bits per heavy atom. The lowest BCUT2D eigenvalue weighted by atomic mass is 9.86. The van der Waals surface area contributed by atoms with E-state index in [0.29, 0.717) is 6.54 Å². The van der Waals surface area contributed by atoms with Crippen LogP contribution < -0.4 is 11.0 Å². The molecule has 0 aliphatic rings. The molecule has 4 nitrogen and oxygen atoms in total. The largest absolute Gasteiger partial charge is 0.441 e. The van der Waals surface area contributed by atoms with Crippen LogP contribution in [0.15, 0.2) is 18.2 Å². The van der Waals surface area contributed by atoms with Gasteiger partial charge in [0.1, 0.15) is 0 Å². The molecule has 0 saturated carbocycles. The van der Waals surface area contributed by atoms with E-state index in [1.54, 1.807) is 6.07 Å². The first-order valence-electron chi connectivity index (χ1n) is 5.07. The standard InChI is InChI=1S/C11H19NO3P/c1-11(2,3)9-6-8(7-12)4-5-10(9)16(13,14)15/h4-6,13-15H,7,12H2,1-3H3/q+1. The molecule has 0 saturated heterocycles. The van der Waals surface area contributed by atoms with E-state index in [2.05, 4.69) is 0 Å². The number of hydrogen-bond donors (Lipinski definition) is 4. The van der Waals surface area contributed by atoms with Crippen molar-refractivity contribution >= 4 is 13.2 Å². The third-order valence-electron chi connectivity index (χ3n) is 2.43. The molecule has 0 radical (unpaired) electrons. The van der Waals surface area contributed by atoms with Gasteiger partial charge < -0.3 is 5.73 Å². The van der Waals surface area contributed by atoms with Gasteiger partial charge in [0.15, 0.2) is 5.30 Å². The lowest BCUT2D eigenvalue weighted by Gasteiger charge is -2.22. The van der Waals surface area contributed by atoms with E-state index in [0.717, 1.165) is 11.1 Å². The maximum Gasteiger partial charge on any atom is 0.441 e. The van der Waals surface area contributed by atoms with Crippen molar-refractivity contribution in [1.82, 2.24) is 0 Å². The van der Waals surface area contributed by atoms with Crippen LogP contribution in [0.5, 0.6) is 0 Å². The van der Waals surface area contributed by atoms with Crippen LogP contribution >= 0.6 is 7.94 Å². The van der Waals surface area contributed by atoms with Gasteiger partial charge in [0.05, 0.1) is 0 Å². The molecule has 0 spiro atoms. The zero-order valence-corrected chi connectivity index (χ0v) is 10.7. The maximum absolute atomic E-state index is 9.39. The third-order valence-corrected chi connectivity index (χ3v) is 3.46. The molecule has 1 aromatic rings. The van der Waals surface area contributed by atoms with E-state index in [-0.39, 0.29) is 10.7 Å². The summed E-state index contributed by atoms with van der Waals surface area (Å²) in [5.74, 6) is 0. The van der Waals surface area contributed by atoms with Crippen LogP contribution in [0.3, 0.4) is 0 Å². The summed E-state index contributed by atoms with van der Waals surface area (Å²) in [6.45, 7) is 6.22. The van der Waals surface area contributed by atoms with E-state index in [1.165, 1.54) is 6.07 Å². The average Bonchev–Trinajstić information content (AvgIpc) is 2.14. The minimum Gasteiger partial charge on any atom is -0.326 e. The predicted octanol–water partition coefficient (Wildman–Crippen LogP) is 0.808. The Morgan fingerprint density at radius 1 is 1.19 bits per heavy atom. The van der Waals surface area contributed by atoms with Gasteiger partial charge in [-0.15, -0.1) is 0 Å². The molecule has 0 bridgehead atoms. The van der Waals surface area contributed by atoms with Crippen molar-refractivity contribution in [3.63, 3.8) is 0 Å². The van der Waals surface area contributed by atoms with Crippen LogP contribution in [0.4, 0.5) is 0 Å². The van der Waals surface area contributed by atoms with Gasteiger partial charge in [-0.05, 0) is 23.1 Å². The fourth-order valence-electron chi connectivity index (χ4n) is 1.57. The first-order valence-corrected chi connectivity index (χ1v) is 6.72. The van der Waals surface area contributed by atoms with Crippen molar-refractivity contribution < 1.29 is 14.7 Å². The summed E-state index contributed by atoms with van der Waals surface area (Å²) in [4.78, 5) is 28.2. The number of rotatable bonds is 2. The van der Waals surface area contributed by atoms with E-state index >= 15 is 0 Å². The molecular formula is C11H19NO3P+. The molecule has 90 valence electrons. The molecule has 0 amide bonds. The minimum absolute atomic E-state index is 0.206. The number of benzene rings is 1. The fraction of sp³-hybridized carbons (Fsp3) is 0.455. The van der Waals surface area contributed by atoms with E-state index in [1.807, 2.05) is 26.8 Å². The van der Waals surface area contributed by atoms with Crippen LogP contribution in [0.25, 0.3) is 0 Å². The second-order valence-electron chi connectivity index (χ2n) is 4.87. The highest BCUT2D eigenvalue weighted by atomic mass is 31.2. The molecule has 0 aliphatic heterocycles. The van der Waals surface area contributed by atoms with Gasteiger partial charge in [0.2, 0.25) is 0 Å². The van der Waals surface area contributed by atoms with Crippen molar-refractivity contribution in [2.75, 3.05) is 0 Å². The normalized spacial score (nSPS) is 12.9. The zero-order valence-electron chi connectivity index (χ0n) is 9.81. The Bertz CT molecular complexity index is 380. The van der Waals surface area contributed by atoms with Crippen LogP contribution in [-0.2, 0) is 12.0 Å². The lowest BCUT2D eigenvalue weighted by molar-refractivity contribution is 0.346. The predicted molar refractivity (Wildman–Crippen MR) is 66.2 cm³/mol. The number of nitrogens with two attached hydrogens (primary N) is 1. The van der Waals surface area contributed by atoms with Gasteiger partial charge >= 0.3 is 7.94 Å². The molecule has 5 N–H and O–H groups in total. The summed E-state index contributed by atoms with van der Waals surface area (Å²) in [6.07, 6.45) is 0. The molecule has 1 rings (SSSR count). The monoisotopic (exact) mass is 244 g/mol. The highest BCUT2D eigenvalue weighted by Gasteiger charge is 2.39. The summed E-state index contributed by atoms with van der Waals surface area (Å²) in [5.41, 5.74) is 6.89. The van der Waals surface area contributed by atoms with Crippen molar-refractivity contribution in [1.29, 1.82) is 0 Å². The SMILES string of the molecule is CC(C)(C)c1cc(CN)ccc1[P+](O)(O)O. The summed E-state index contributed by atoms with van der Waals surface area (Å²) >= 11 is 0. The third kappa shape index (κ3) is 3.00. The summed E-state index contributed by atoms with van der Waals surface area (Å²) in [5, 5.41) is 0.206. The average molecular weight is 244 g/mol. The molecule has 0 aromatic heterocycles. The van der Waals surface area contributed by atoms with Crippen LogP contribution in [0.2, 0.25) is 0 Å². The van der Waals surface area contributed by atoms with E-state index in [4.69, 9.17) is 5.73 Å². The maximum atomic E-state index is 9.39. The minimum atomic E-state index is -3.97. The van der Waals surface area contributed by atoms with Crippen molar-refractivity contribution in [3.05, 3.63) is 29.3 Å². The Morgan fingerprint density at radius 3 is 2.12 bits per heavy atom. The van der Waals surface area contributed by atoms with E-state index in [9.17, 15) is 14.7 Å². The molecule has 5 heteroatoms. The molecule has 0 heterocycles. The van der Waals surface area contributed by atoms with Crippen molar-refractivity contribution in [2.45, 2.75) is 32.7 Å². The Hall–Kier alpha value is -0.510. The zero-order chi connectivity index (χ0) is 12.6. The molecule has 0 atom stereocenters. The Labute approximate surface area is 96.3 Å². The second-order valence-corrected chi connectivity index (χ2v) is 6.49. The summed E-state index contributed by atoms with van der Waals surface area (Å²) in [6, 6.07) is 5.05. The van der Waals surface area contributed by atoms with Gasteiger partial charge in [0, 0.05) is 12.1 Å². The van der Waals surface area contributed by atoms with Crippen LogP contribution in [0.1, 0.15) is 31.9 Å². The van der Waals surface area contributed by atoms with Gasteiger partial charge in [-0.3, -0.25) is 0 Å². The molecule has 16 heavy (non-hydrogen) atoms. The molecule has 0 fully saturated rings. The molecule has 0 aliphatic carbocycles. The first-order chi connectivity index (χ1) is 7.16. The Kier molecular flexibility index (Phi) is 3.72. The summed E-state index contributed by atoms with van der Waals surface area (Å²) < 4.78 is 0. The highest BCUT2D eigenvalue weighted by molar-refractivity contribution is 7.66. The molecule has 1 aromatic carbocycles. The lowest BCUT2D eigenvalue weighted by Crippen LogP contribution is -2.25. The first kappa shape index (κ1) is 13.6. The summed E-state index contributed by atoms with van der Waals surface area (Å²) in [7, 11) is -3.97. The van der Waals surface area contributed by atoms with E-state index < -0.39 is 7.94 Å². The van der Waals surface area contributed by atoms with Crippen LogP contribution in [-0.4, -0.2) is 14.7 Å². The van der Waals surface area contributed by atoms with Crippen molar-refractivity contribution in [3.8, 4) is 0 Å².